The van der Waals surface area contributed by atoms with Crippen molar-refractivity contribution in [2.45, 2.75) is 58.3 Å². The van der Waals surface area contributed by atoms with E-state index in [4.69, 9.17) is 0 Å². The highest BCUT2D eigenvalue weighted by Gasteiger charge is 2.20. The van der Waals surface area contributed by atoms with E-state index in [9.17, 15) is 10.5 Å². The maximum Gasteiger partial charge on any atom is 0.102 e. The lowest BCUT2D eigenvalue weighted by Crippen LogP contribution is -1.88. The molecule has 0 spiro atoms. The standard InChI is InChI=1S/C23H24N2S3/c1-2-3-4-5-6-7-8-10-19-17(15-24)18(16-25)23(28-19)22-13-12-21(27-22)20-11-9-14-26-20/h9,11-14H,2-8,10H2,1H3. The lowest BCUT2D eigenvalue weighted by atomic mass is 10.0. The molecule has 5 heteroatoms. The zero-order chi connectivity index (χ0) is 19.8. The van der Waals surface area contributed by atoms with Gasteiger partial charge >= 0.3 is 0 Å². The Labute approximate surface area is 179 Å². The summed E-state index contributed by atoms with van der Waals surface area (Å²) >= 11 is 5.07. The third kappa shape index (κ3) is 4.92. The van der Waals surface area contributed by atoms with Crippen LogP contribution in [0.15, 0.2) is 29.6 Å². The van der Waals surface area contributed by atoms with E-state index < -0.39 is 0 Å². The van der Waals surface area contributed by atoms with Gasteiger partial charge in [-0.05, 0) is 36.4 Å². The predicted octanol–water partition coefficient (Wildman–Crippen LogP) is 8.24. The summed E-state index contributed by atoms with van der Waals surface area (Å²) < 4.78 is 0. The fraction of sp³-hybridized carbons (Fsp3) is 0.391. The summed E-state index contributed by atoms with van der Waals surface area (Å²) in [5, 5.41) is 21.4. The molecule has 3 rings (SSSR count). The average molecular weight is 425 g/mol. The summed E-state index contributed by atoms with van der Waals surface area (Å²) in [5.74, 6) is 0. The molecule has 0 saturated heterocycles. The molecule has 0 aromatic carbocycles. The van der Waals surface area contributed by atoms with E-state index in [0.29, 0.717) is 11.1 Å². The van der Waals surface area contributed by atoms with Crippen molar-refractivity contribution in [2.75, 3.05) is 0 Å². The average Bonchev–Trinajstić information content (AvgIpc) is 3.45. The largest absolute Gasteiger partial charge is 0.192 e. The number of rotatable bonds is 10. The molecule has 0 amide bonds. The van der Waals surface area contributed by atoms with Crippen LogP contribution in [-0.4, -0.2) is 0 Å². The first kappa shape index (κ1) is 20.8. The molecular weight excluding hydrogens is 400 g/mol. The van der Waals surface area contributed by atoms with Crippen molar-refractivity contribution in [1.82, 2.24) is 0 Å². The Morgan fingerprint density at radius 3 is 2.18 bits per heavy atom. The van der Waals surface area contributed by atoms with Gasteiger partial charge in [0.05, 0.1) is 16.0 Å². The molecule has 3 heterocycles. The van der Waals surface area contributed by atoms with Crippen LogP contribution < -0.4 is 0 Å². The smallest absolute Gasteiger partial charge is 0.102 e. The topological polar surface area (TPSA) is 47.6 Å². The van der Waals surface area contributed by atoms with Gasteiger partial charge in [-0.2, -0.15) is 10.5 Å². The fourth-order valence-corrected chi connectivity index (χ4v) is 6.50. The second-order valence-electron chi connectivity index (χ2n) is 6.84. The van der Waals surface area contributed by atoms with Gasteiger partial charge in [0.25, 0.3) is 0 Å². The maximum atomic E-state index is 9.70. The Morgan fingerprint density at radius 2 is 1.50 bits per heavy atom. The quantitative estimate of drug-likeness (QED) is 0.308. The lowest BCUT2D eigenvalue weighted by Gasteiger charge is -2.00. The highest BCUT2D eigenvalue weighted by atomic mass is 32.1. The minimum absolute atomic E-state index is 0.560. The van der Waals surface area contributed by atoms with Gasteiger partial charge < -0.3 is 0 Å². The molecule has 0 aliphatic rings. The normalized spacial score (nSPS) is 10.7. The minimum Gasteiger partial charge on any atom is -0.192 e. The van der Waals surface area contributed by atoms with E-state index >= 15 is 0 Å². The van der Waals surface area contributed by atoms with Crippen LogP contribution in [0, 0.1) is 22.7 Å². The Kier molecular flexibility index (Phi) is 7.86. The maximum absolute atomic E-state index is 9.70. The second kappa shape index (κ2) is 10.6. The van der Waals surface area contributed by atoms with Gasteiger partial charge in [0.2, 0.25) is 0 Å². The zero-order valence-corrected chi connectivity index (χ0v) is 18.6. The third-order valence-electron chi connectivity index (χ3n) is 4.81. The molecule has 0 saturated carbocycles. The molecule has 0 aliphatic heterocycles. The molecule has 28 heavy (non-hydrogen) atoms. The van der Waals surface area contributed by atoms with E-state index in [0.717, 1.165) is 27.5 Å². The number of hydrogen-bond acceptors (Lipinski definition) is 5. The van der Waals surface area contributed by atoms with Crippen molar-refractivity contribution in [3.63, 3.8) is 0 Å². The first-order chi connectivity index (χ1) is 13.8. The van der Waals surface area contributed by atoms with Crippen LogP contribution in [0.1, 0.15) is 67.9 Å². The van der Waals surface area contributed by atoms with Crippen LogP contribution in [0.2, 0.25) is 0 Å². The Hall–Kier alpha value is -1.92. The van der Waals surface area contributed by atoms with Gasteiger partial charge in [0.1, 0.15) is 12.1 Å². The van der Waals surface area contributed by atoms with Crippen molar-refractivity contribution in [1.29, 1.82) is 10.5 Å². The van der Waals surface area contributed by atoms with Crippen LogP contribution >= 0.6 is 34.0 Å². The lowest BCUT2D eigenvalue weighted by molar-refractivity contribution is 0.590. The molecule has 0 radical (unpaired) electrons. The van der Waals surface area contributed by atoms with E-state index in [2.05, 4.69) is 48.7 Å². The van der Waals surface area contributed by atoms with E-state index in [1.54, 1.807) is 34.0 Å². The molecule has 0 bridgehead atoms. The third-order valence-corrected chi connectivity index (χ3v) is 8.39. The first-order valence-electron chi connectivity index (χ1n) is 9.88. The van der Waals surface area contributed by atoms with E-state index in [1.165, 1.54) is 48.3 Å². The van der Waals surface area contributed by atoms with Crippen molar-refractivity contribution in [3.8, 4) is 31.6 Å². The van der Waals surface area contributed by atoms with Crippen molar-refractivity contribution >= 4 is 34.0 Å². The number of thiophene rings is 3. The second-order valence-corrected chi connectivity index (χ2v) is 9.98. The highest BCUT2D eigenvalue weighted by Crippen LogP contribution is 2.43. The number of nitriles is 2. The molecule has 0 aliphatic carbocycles. The van der Waals surface area contributed by atoms with Crippen molar-refractivity contribution < 1.29 is 0 Å². The van der Waals surface area contributed by atoms with Gasteiger partial charge in [0.15, 0.2) is 0 Å². The van der Waals surface area contributed by atoms with Gasteiger partial charge in [-0.1, -0.05) is 51.5 Å². The fourth-order valence-electron chi connectivity index (χ4n) is 3.31. The number of nitrogens with zero attached hydrogens (tertiary/aromatic N) is 2. The summed E-state index contributed by atoms with van der Waals surface area (Å²) in [6.07, 6.45) is 9.69. The molecule has 0 atom stereocenters. The summed E-state index contributed by atoms with van der Waals surface area (Å²) in [6.45, 7) is 2.24. The van der Waals surface area contributed by atoms with Crippen LogP contribution in [-0.2, 0) is 6.42 Å². The summed E-state index contributed by atoms with van der Waals surface area (Å²) in [4.78, 5) is 5.59. The highest BCUT2D eigenvalue weighted by molar-refractivity contribution is 7.26. The van der Waals surface area contributed by atoms with E-state index in [1.807, 2.05) is 0 Å². The van der Waals surface area contributed by atoms with Crippen LogP contribution in [0.25, 0.3) is 19.5 Å². The number of hydrogen-bond donors (Lipinski definition) is 0. The first-order valence-corrected chi connectivity index (χ1v) is 12.4. The van der Waals surface area contributed by atoms with Crippen LogP contribution in [0.5, 0.6) is 0 Å². The molecule has 0 unspecified atom stereocenters. The molecule has 0 fully saturated rings. The number of aryl methyl sites for hydroxylation is 1. The molecule has 2 nitrogen and oxygen atoms in total. The number of unbranched alkanes of at least 4 members (excludes halogenated alkanes) is 6. The summed E-state index contributed by atoms with van der Waals surface area (Å²) in [7, 11) is 0. The minimum atomic E-state index is 0.560. The molecule has 3 aromatic heterocycles. The molecule has 0 N–H and O–H groups in total. The van der Waals surface area contributed by atoms with Crippen molar-refractivity contribution in [3.05, 3.63) is 45.6 Å². The Balaban J connectivity index is 1.73. The van der Waals surface area contributed by atoms with Crippen LogP contribution in [0.3, 0.4) is 0 Å². The SMILES string of the molecule is CCCCCCCCCc1sc(-c2ccc(-c3cccs3)s2)c(C#N)c1C#N. The predicted molar refractivity (Wildman–Crippen MR) is 122 cm³/mol. The van der Waals surface area contributed by atoms with Gasteiger partial charge in [-0.15, -0.1) is 34.0 Å². The Bertz CT molecular complexity index is 965. The van der Waals surface area contributed by atoms with Gasteiger partial charge in [-0.25, -0.2) is 0 Å². The van der Waals surface area contributed by atoms with Crippen LogP contribution in [0.4, 0.5) is 0 Å². The Morgan fingerprint density at radius 1 is 0.786 bits per heavy atom. The van der Waals surface area contributed by atoms with Crippen molar-refractivity contribution in [2.24, 2.45) is 0 Å². The molecular formula is C23H24N2S3. The van der Waals surface area contributed by atoms with Gasteiger partial charge in [-0.3, -0.25) is 0 Å². The monoisotopic (exact) mass is 424 g/mol. The zero-order valence-electron chi connectivity index (χ0n) is 16.2. The summed E-state index contributed by atoms with van der Waals surface area (Å²) in [6, 6.07) is 13.0. The van der Waals surface area contributed by atoms with E-state index in [-0.39, 0.29) is 0 Å². The molecule has 3 aromatic rings. The van der Waals surface area contributed by atoms with Gasteiger partial charge in [0, 0.05) is 19.5 Å². The summed E-state index contributed by atoms with van der Waals surface area (Å²) in [5.41, 5.74) is 1.16. The molecule has 144 valence electrons.